The number of hydrogen-bond donors (Lipinski definition) is 0. The first-order valence-electron chi connectivity index (χ1n) is 6.03. The number of methoxy groups -OCH3 is 1. The molecule has 0 radical (unpaired) electrons. The molecule has 0 saturated carbocycles. The molecular formula is C12H18ClN3O2. The molecule has 0 N–H and O–H groups in total. The Balaban J connectivity index is 2.15. The van der Waals surface area contributed by atoms with Gasteiger partial charge in [-0.3, -0.25) is 0 Å². The number of nitrogens with zero attached hydrogens (tertiary/aromatic N) is 3. The van der Waals surface area contributed by atoms with Crippen molar-refractivity contribution < 1.29 is 9.47 Å². The van der Waals surface area contributed by atoms with Crippen molar-refractivity contribution in [2.75, 3.05) is 32.3 Å². The summed E-state index contributed by atoms with van der Waals surface area (Å²) in [6, 6.07) is 2.23. The highest BCUT2D eigenvalue weighted by atomic mass is 35.5. The second-order valence-electron chi connectivity index (χ2n) is 4.35. The van der Waals surface area contributed by atoms with Gasteiger partial charge in [0.25, 0.3) is 0 Å². The van der Waals surface area contributed by atoms with E-state index in [1.165, 1.54) is 0 Å². The Morgan fingerprint density at radius 2 is 2.17 bits per heavy atom. The van der Waals surface area contributed by atoms with Gasteiger partial charge >= 0.3 is 0 Å². The van der Waals surface area contributed by atoms with Crippen LogP contribution in [0.25, 0.3) is 0 Å². The van der Waals surface area contributed by atoms with E-state index < -0.39 is 0 Å². The Morgan fingerprint density at radius 3 is 2.83 bits per heavy atom. The second kappa shape index (κ2) is 6.31. The lowest BCUT2D eigenvalue weighted by molar-refractivity contribution is 0.0853. The molecule has 1 aliphatic rings. The van der Waals surface area contributed by atoms with Gasteiger partial charge in [0.15, 0.2) is 5.82 Å². The largest absolute Gasteiger partial charge is 0.381 e. The van der Waals surface area contributed by atoms with Crippen LogP contribution >= 0.6 is 11.6 Å². The van der Waals surface area contributed by atoms with Crippen LogP contribution in [-0.2, 0) is 16.1 Å². The summed E-state index contributed by atoms with van der Waals surface area (Å²) in [5, 5.41) is 0.450. The van der Waals surface area contributed by atoms with Gasteiger partial charge in [-0.05, 0) is 12.8 Å². The van der Waals surface area contributed by atoms with Crippen molar-refractivity contribution in [3.05, 3.63) is 17.0 Å². The zero-order valence-electron chi connectivity index (χ0n) is 10.7. The lowest BCUT2D eigenvalue weighted by Crippen LogP contribution is -2.37. The van der Waals surface area contributed by atoms with Crippen LogP contribution < -0.4 is 4.90 Å². The maximum Gasteiger partial charge on any atom is 0.158 e. The maximum absolute atomic E-state index is 6.01. The van der Waals surface area contributed by atoms with E-state index >= 15 is 0 Å². The quantitative estimate of drug-likeness (QED) is 0.783. The maximum atomic E-state index is 6.01. The first-order valence-corrected chi connectivity index (χ1v) is 6.41. The second-order valence-corrected chi connectivity index (χ2v) is 4.74. The van der Waals surface area contributed by atoms with Gasteiger partial charge in [0.1, 0.15) is 17.6 Å². The normalized spacial score (nSPS) is 16.8. The Morgan fingerprint density at radius 1 is 1.44 bits per heavy atom. The summed E-state index contributed by atoms with van der Waals surface area (Å²) in [4.78, 5) is 10.7. The van der Waals surface area contributed by atoms with Crippen molar-refractivity contribution in [3.8, 4) is 0 Å². The molecule has 0 atom stereocenters. The number of halogens is 1. The minimum Gasteiger partial charge on any atom is -0.381 e. The molecule has 1 saturated heterocycles. The molecule has 1 aliphatic heterocycles. The van der Waals surface area contributed by atoms with Gasteiger partial charge in [-0.15, -0.1) is 0 Å². The summed E-state index contributed by atoms with van der Waals surface area (Å²) in [7, 11) is 3.65. The van der Waals surface area contributed by atoms with Crippen LogP contribution in [0.1, 0.15) is 18.7 Å². The van der Waals surface area contributed by atoms with Gasteiger partial charge in [-0.2, -0.15) is 0 Å². The third-order valence-corrected chi connectivity index (χ3v) is 3.29. The first kappa shape index (κ1) is 13.5. The van der Waals surface area contributed by atoms with E-state index in [4.69, 9.17) is 21.1 Å². The van der Waals surface area contributed by atoms with E-state index in [0.717, 1.165) is 31.9 Å². The molecular weight excluding hydrogens is 254 g/mol. The van der Waals surface area contributed by atoms with Gasteiger partial charge in [0.05, 0.1) is 0 Å². The van der Waals surface area contributed by atoms with Crippen molar-refractivity contribution in [1.29, 1.82) is 0 Å². The molecule has 100 valence electrons. The van der Waals surface area contributed by atoms with Gasteiger partial charge in [-0.25, -0.2) is 9.97 Å². The molecule has 1 aromatic heterocycles. The van der Waals surface area contributed by atoms with E-state index in [1.54, 1.807) is 13.2 Å². The Hall–Kier alpha value is -0.910. The average molecular weight is 272 g/mol. The van der Waals surface area contributed by atoms with Crippen LogP contribution in [0.3, 0.4) is 0 Å². The molecule has 1 fully saturated rings. The van der Waals surface area contributed by atoms with E-state index in [2.05, 4.69) is 14.9 Å². The fourth-order valence-electron chi connectivity index (χ4n) is 2.09. The fourth-order valence-corrected chi connectivity index (χ4v) is 2.28. The Kier molecular flexibility index (Phi) is 4.74. The molecule has 0 unspecified atom stereocenters. The summed E-state index contributed by atoms with van der Waals surface area (Å²) < 4.78 is 10.4. The standard InChI is InChI=1S/C12H18ClN3O2/c1-16(9-3-5-18-6-4-9)12-7-10(13)14-11(15-12)8-17-2/h7,9H,3-6,8H2,1-2H3. The molecule has 0 aromatic carbocycles. The van der Waals surface area contributed by atoms with Gasteiger partial charge in [0.2, 0.25) is 0 Å². The van der Waals surface area contributed by atoms with Crippen LogP contribution in [0.5, 0.6) is 0 Å². The number of hydrogen-bond acceptors (Lipinski definition) is 5. The van der Waals surface area contributed by atoms with Crippen molar-refractivity contribution in [2.45, 2.75) is 25.5 Å². The van der Waals surface area contributed by atoms with Crippen LogP contribution in [0, 0.1) is 0 Å². The van der Waals surface area contributed by atoms with E-state index in [9.17, 15) is 0 Å². The fraction of sp³-hybridized carbons (Fsp3) is 0.667. The highest BCUT2D eigenvalue weighted by Crippen LogP contribution is 2.21. The van der Waals surface area contributed by atoms with Crippen LogP contribution in [0.4, 0.5) is 5.82 Å². The SMILES string of the molecule is COCc1nc(Cl)cc(N(C)C2CCOCC2)n1. The molecule has 5 nitrogen and oxygen atoms in total. The van der Waals surface area contributed by atoms with Gasteiger partial charge < -0.3 is 14.4 Å². The Labute approximate surface area is 112 Å². The predicted octanol–water partition coefficient (Wildman–Crippen LogP) is 1.89. The smallest absolute Gasteiger partial charge is 0.158 e. The lowest BCUT2D eigenvalue weighted by Gasteiger charge is -2.32. The van der Waals surface area contributed by atoms with Gasteiger partial charge in [-0.1, -0.05) is 11.6 Å². The van der Waals surface area contributed by atoms with Crippen LogP contribution in [-0.4, -0.2) is 43.4 Å². The lowest BCUT2D eigenvalue weighted by atomic mass is 10.1. The van der Waals surface area contributed by atoms with Crippen molar-refractivity contribution in [3.63, 3.8) is 0 Å². The highest BCUT2D eigenvalue weighted by Gasteiger charge is 2.20. The Bertz CT molecular complexity index is 397. The van der Waals surface area contributed by atoms with Crippen LogP contribution in [0.2, 0.25) is 5.15 Å². The van der Waals surface area contributed by atoms with Gasteiger partial charge in [0, 0.05) is 39.5 Å². The summed E-state index contributed by atoms with van der Waals surface area (Å²) in [5.74, 6) is 1.45. The number of ether oxygens (including phenoxy) is 2. The molecule has 0 amide bonds. The molecule has 18 heavy (non-hydrogen) atoms. The summed E-state index contributed by atoms with van der Waals surface area (Å²) >= 11 is 6.01. The molecule has 0 spiro atoms. The van der Waals surface area contributed by atoms with Crippen LogP contribution in [0.15, 0.2) is 6.07 Å². The molecule has 0 aliphatic carbocycles. The summed E-state index contributed by atoms with van der Waals surface area (Å²) in [5.41, 5.74) is 0. The predicted molar refractivity (Wildman–Crippen MR) is 70.0 cm³/mol. The first-order chi connectivity index (χ1) is 8.70. The van der Waals surface area contributed by atoms with E-state index in [1.807, 2.05) is 7.05 Å². The third kappa shape index (κ3) is 3.31. The summed E-state index contributed by atoms with van der Waals surface area (Å²) in [6.07, 6.45) is 2.02. The van der Waals surface area contributed by atoms with Crippen molar-refractivity contribution in [2.24, 2.45) is 0 Å². The van der Waals surface area contributed by atoms with E-state index in [-0.39, 0.29) is 0 Å². The van der Waals surface area contributed by atoms with E-state index in [0.29, 0.717) is 23.6 Å². The van der Waals surface area contributed by atoms with Crippen molar-refractivity contribution >= 4 is 17.4 Å². The molecule has 2 rings (SSSR count). The zero-order chi connectivity index (χ0) is 13.0. The monoisotopic (exact) mass is 271 g/mol. The molecule has 6 heteroatoms. The number of anilines is 1. The zero-order valence-corrected chi connectivity index (χ0v) is 11.5. The minimum absolute atomic E-state index is 0.370. The molecule has 0 bridgehead atoms. The minimum atomic E-state index is 0.370. The average Bonchev–Trinajstić information content (AvgIpc) is 2.38. The summed E-state index contributed by atoms with van der Waals surface area (Å²) in [6.45, 7) is 1.98. The van der Waals surface area contributed by atoms with Crippen molar-refractivity contribution in [1.82, 2.24) is 9.97 Å². The number of aromatic nitrogens is 2. The topological polar surface area (TPSA) is 47.5 Å². The number of rotatable bonds is 4. The molecule has 2 heterocycles. The molecule has 1 aromatic rings. The highest BCUT2D eigenvalue weighted by molar-refractivity contribution is 6.29. The third-order valence-electron chi connectivity index (χ3n) is 3.10.